The van der Waals surface area contributed by atoms with Gasteiger partial charge in [0, 0.05) is 0 Å². The van der Waals surface area contributed by atoms with Gasteiger partial charge in [-0.2, -0.15) is 0 Å². The largest absolute Gasteiger partial charge is 0.394 e. The van der Waals surface area contributed by atoms with Gasteiger partial charge in [0.15, 0.2) is 0 Å². The molecular formula is C7H12N2O3. The molecule has 0 aromatic heterocycles. The van der Waals surface area contributed by atoms with Gasteiger partial charge in [-0.15, -0.1) is 0 Å². The summed E-state index contributed by atoms with van der Waals surface area (Å²) in [5.41, 5.74) is -0.872. The van der Waals surface area contributed by atoms with Crippen molar-refractivity contribution in [1.29, 1.82) is 0 Å². The smallest absolute Gasteiger partial charge is 0.245 e. The Morgan fingerprint density at radius 1 is 1.50 bits per heavy atom. The van der Waals surface area contributed by atoms with E-state index in [0.717, 1.165) is 0 Å². The minimum Gasteiger partial charge on any atom is -0.394 e. The van der Waals surface area contributed by atoms with E-state index in [1.807, 2.05) is 0 Å². The number of hydrogen-bond acceptors (Lipinski definition) is 3. The van der Waals surface area contributed by atoms with E-state index < -0.39 is 11.6 Å². The summed E-state index contributed by atoms with van der Waals surface area (Å²) in [4.78, 5) is 22.3. The van der Waals surface area contributed by atoms with Gasteiger partial charge in [0.1, 0.15) is 11.6 Å². The van der Waals surface area contributed by atoms with Crippen molar-refractivity contribution in [2.45, 2.75) is 25.4 Å². The monoisotopic (exact) mass is 172 g/mol. The Morgan fingerprint density at radius 3 is 2.58 bits per heavy atom. The summed E-state index contributed by atoms with van der Waals surface area (Å²) >= 11 is 0. The van der Waals surface area contributed by atoms with Crippen LogP contribution in [0, 0.1) is 0 Å². The second-order valence-electron chi connectivity index (χ2n) is 3.32. The lowest BCUT2D eigenvalue weighted by molar-refractivity contribution is -0.141. The molecule has 3 N–H and O–H groups in total. The van der Waals surface area contributed by atoms with Crippen molar-refractivity contribution in [2.24, 2.45) is 0 Å². The van der Waals surface area contributed by atoms with Gasteiger partial charge in [0.05, 0.1) is 6.61 Å². The molecule has 0 aromatic carbocycles. The third-order valence-corrected chi connectivity index (χ3v) is 1.81. The van der Waals surface area contributed by atoms with Crippen LogP contribution in [0.3, 0.4) is 0 Å². The molecule has 0 unspecified atom stereocenters. The molecule has 5 heteroatoms. The molecule has 1 aliphatic rings. The van der Waals surface area contributed by atoms with Gasteiger partial charge in [-0.25, -0.2) is 0 Å². The molecule has 12 heavy (non-hydrogen) atoms. The van der Waals surface area contributed by atoms with E-state index in [9.17, 15) is 9.59 Å². The van der Waals surface area contributed by atoms with Crippen LogP contribution in [-0.4, -0.2) is 35.1 Å². The van der Waals surface area contributed by atoms with Gasteiger partial charge in [-0.1, -0.05) is 0 Å². The van der Waals surface area contributed by atoms with Crippen molar-refractivity contribution in [3.63, 3.8) is 0 Å². The van der Waals surface area contributed by atoms with Crippen molar-refractivity contribution in [2.75, 3.05) is 6.61 Å². The number of nitrogens with one attached hydrogen (secondary N) is 2. The molecule has 0 spiro atoms. The van der Waals surface area contributed by atoms with Crippen LogP contribution in [0.5, 0.6) is 0 Å². The molecule has 1 heterocycles. The molecule has 5 nitrogen and oxygen atoms in total. The quantitative estimate of drug-likeness (QED) is 0.444. The lowest BCUT2D eigenvalue weighted by Gasteiger charge is -2.33. The Hall–Kier alpha value is -1.10. The van der Waals surface area contributed by atoms with Crippen LogP contribution in [0.2, 0.25) is 0 Å². The van der Waals surface area contributed by atoms with Crippen molar-refractivity contribution >= 4 is 11.8 Å². The number of carbonyl (C=O) groups is 2. The highest BCUT2D eigenvalue weighted by atomic mass is 16.3. The molecule has 1 saturated heterocycles. The van der Waals surface area contributed by atoms with Crippen LogP contribution in [0.25, 0.3) is 0 Å². The van der Waals surface area contributed by atoms with Gasteiger partial charge >= 0.3 is 0 Å². The molecule has 1 atom stereocenters. The first-order valence-corrected chi connectivity index (χ1v) is 3.71. The Balaban J connectivity index is 2.76. The standard InChI is InChI=1S/C7H12N2O3/c1-7(2)6(12)8-4(3-10)5(11)9-7/h4,10H,3H2,1-2H3,(H,8,12)(H,9,11)/t4-/m1/s1. The van der Waals surface area contributed by atoms with Crippen LogP contribution in [-0.2, 0) is 9.59 Å². The zero-order chi connectivity index (χ0) is 9.35. The highest BCUT2D eigenvalue weighted by Crippen LogP contribution is 2.07. The van der Waals surface area contributed by atoms with E-state index in [4.69, 9.17) is 5.11 Å². The van der Waals surface area contributed by atoms with E-state index in [-0.39, 0.29) is 18.4 Å². The summed E-state index contributed by atoms with van der Waals surface area (Å²) in [6.07, 6.45) is 0. The molecule has 1 aliphatic heterocycles. The van der Waals surface area contributed by atoms with E-state index >= 15 is 0 Å². The van der Waals surface area contributed by atoms with Crippen molar-refractivity contribution in [3.8, 4) is 0 Å². The molecule has 0 saturated carbocycles. The average molecular weight is 172 g/mol. The summed E-state index contributed by atoms with van der Waals surface area (Å²) < 4.78 is 0. The number of carbonyl (C=O) groups excluding carboxylic acids is 2. The van der Waals surface area contributed by atoms with Crippen LogP contribution in [0.15, 0.2) is 0 Å². The molecule has 1 fully saturated rings. The minimum atomic E-state index is -0.872. The van der Waals surface area contributed by atoms with Crippen molar-refractivity contribution in [1.82, 2.24) is 10.6 Å². The highest BCUT2D eigenvalue weighted by molar-refractivity contribution is 5.99. The van der Waals surface area contributed by atoms with Crippen LogP contribution >= 0.6 is 0 Å². The normalized spacial score (nSPS) is 27.8. The van der Waals surface area contributed by atoms with Gasteiger partial charge in [-0.3, -0.25) is 9.59 Å². The number of aliphatic hydroxyl groups excluding tert-OH is 1. The lowest BCUT2D eigenvalue weighted by atomic mass is 9.99. The lowest BCUT2D eigenvalue weighted by Crippen LogP contribution is -2.67. The fourth-order valence-corrected chi connectivity index (χ4v) is 0.985. The second kappa shape index (κ2) is 2.75. The highest BCUT2D eigenvalue weighted by Gasteiger charge is 2.38. The number of hydrogen-bond donors (Lipinski definition) is 3. The van der Waals surface area contributed by atoms with Crippen LogP contribution in [0.1, 0.15) is 13.8 Å². The number of rotatable bonds is 1. The molecule has 68 valence electrons. The minimum absolute atomic E-state index is 0.277. The molecule has 0 aliphatic carbocycles. The fourth-order valence-electron chi connectivity index (χ4n) is 0.985. The first-order valence-electron chi connectivity index (χ1n) is 3.71. The number of piperazine rings is 1. The Bertz CT molecular complexity index is 225. The summed E-state index contributed by atoms with van der Waals surface area (Å²) in [6.45, 7) is 2.84. The topological polar surface area (TPSA) is 78.4 Å². The summed E-state index contributed by atoms with van der Waals surface area (Å²) in [5, 5.41) is 13.6. The summed E-state index contributed by atoms with van der Waals surface area (Å²) in [7, 11) is 0. The van der Waals surface area contributed by atoms with E-state index in [1.165, 1.54) is 0 Å². The fraction of sp³-hybridized carbons (Fsp3) is 0.714. The first kappa shape index (κ1) is 8.99. The SMILES string of the molecule is CC1(C)NC(=O)[C@@H](CO)NC1=O. The van der Waals surface area contributed by atoms with E-state index in [1.54, 1.807) is 13.8 Å². The molecule has 0 radical (unpaired) electrons. The number of amides is 2. The van der Waals surface area contributed by atoms with E-state index in [2.05, 4.69) is 10.6 Å². The second-order valence-corrected chi connectivity index (χ2v) is 3.32. The predicted octanol–water partition coefficient (Wildman–Crippen LogP) is -1.63. The average Bonchev–Trinajstić information content (AvgIpc) is 1.96. The van der Waals surface area contributed by atoms with Crippen LogP contribution < -0.4 is 10.6 Å². The van der Waals surface area contributed by atoms with Crippen molar-refractivity contribution < 1.29 is 14.7 Å². The van der Waals surface area contributed by atoms with Gasteiger partial charge in [0.25, 0.3) is 0 Å². The van der Waals surface area contributed by atoms with Crippen molar-refractivity contribution in [3.05, 3.63) is 0 Å². The van der Waals surface area contributed by atoms with Crippen LogP contribution in [0.4, 0.5) is 0 Å². The Morgan fingerprint density at radius 2 is 2.08 bits per heavy atom. The number of aliphatic hydroxyl groups is 1. The van der Waals surface area contributed by atoms with Gasteiger partial charge < -0.3 is 15.7 Å². The third-order valence-electron chi connectivity index (χ3n) is 1.81. The molecule has 1 rings (SSSR count). The maximum Gasteiger partial charge on any atom is 0.245 e. The zero-order valence-corrected chi connectivity index (χ0v) is 7.05. The molecule has 2 amide bonds. The van der Waals surface area contributed by atoms with E-state index in [0.29, 0.717) is 0 Å². The maximum atomic E-state index is 11.2. The maximum absolute atomic E-state index is 11.2. The van der Waals surface area contributed by atoms with Gasteiger partial charge in [-0.05, 0) is 13.8 Å². The molecule has 0 aromatic rings. The molecular weight excluding hydrogens is 160 g/mol. The van der Waals surface area contributed by atoms with Gasteiger partial charge in [0.2, 0.25) is 11.8 Å². The summed E-state index contributed by atoms with van der Waals surface area (Å²) in [6, 6.07) is -0.800. The Labute approximate surface area is 70.1 Å². The summed E-state index contributed by atoms with van der Waals surface area (Å²) in [5.74, 6) is -0.622. The zero-order valence-electron chi connectivity index (χ0n) is 7.05. The first-order chi connectivity index (χ1) is 5.47. The predicted molar refractivity (Wildman–Crippen MR) is 41.2 cm³/mol. The Kier molecular flexibility index (Phi) is 2.06. The molecule has 0 bridgehead atoms. The third kappa shape index (κ3) is 1.40.